The fraction of sp³-hybridized carbons (Fsp3) is 0.250. The van der Waals surface area contributed by atoms with Gasteiger partial charge in [0.1, 0.15) is 18.1 Å². The van der Waals surface area contributed by atoms with Gasteiger partial charge in [0.2, 0.25) is 0 Å². The Bertz CT molecular complexity index is 459. The van der Waals surface area contributed by atoms with Crippen LogP contribution in [-0.2, 0) is 11.2 Å². The van der Waals surface area contributed by atoms with Crippen molar-refractivity contribution >= 4 is 5.97 Å². The van der Waals surface area contributed by atoms with Gasteiger partial charge in [0.25, 0.3) is 0 Å². The first-order valence-corrected chi connectivity index (χ1v) is 4.79. The molecule has 1 aliphatic rings. The zero-order valence-electron chi connectivity index (χ0n) is 8.47. The molecule has 1 atom stereocenters. The highest BCUT2D eigenvalue weighted by molar-refractivity contribution is 5.74. The summed E-state index contributed by atoms with van der Waals surface area (Å²) in [6.45, 7) is 0.182. The molecule has 0 radical (unpaired) electrons. The molecule has 0 aliphatic carbocycles. The summed E-state index contributed by atoms with van der Waals surface area (Å²) in [5, 5.41) is 8.81. The Morgan fingerprint density at radius 3 is 3.19 bits per heavy atom. The smallest absolute Gasteiger partial charge is 0.345 e. The third kappa shape index (κ3) is 1.94. The Morgan fingerprint density at radius 2 is 2.50 bits per heavy atom. The van der Waals surface area contributed by atoms with Crippen LogP contribution in [0.3, 0.4) is 0 Å². The Labute approximate surface area is 92.8 Å². The monoisotopic (exact) mass is 218 g/mol. The normalized spacial score (nSPS) is 17.1. The lowest BCUT2D eigenvalue weighted by molar-refractivity contribution is -0.144. The third-order valence-electron chi connectivity index (χ3n) is 2.31. The van der Waals surface area contributed by atoms with Crippen LogP contribution in [0.4, 0.5) is 0 Å². The first kappa shape index (κ1) is 10.4. The minimum Gasteiger partial charge on any atom is -0.481 e. The van der Waals surface area contributed by atoms with Crippen LogP contribution in [0.25, 0.3) is 0 Å². The van der Waals surface area contributed by atoms with Gasteiger partial charge < -0.3 is 14.6 Å². The predicted molar refractivity (Wildman–Crippen MR) is 56.5 cm³/mol. The van der Waals surface area contributed by atoms with Crippen LogP contribution in [0.15, 0.2) is 18.2 Å². The van der Waals surface area contributed by atoms with Gasteiger partial charge in [-0.05, 0) is 11.6 Å². The summed E-state index contributed by atoms with van der Waals surface area (Å²) in [6.07, 6.45) is 4.66. The Kier molecular flexibility index (Phi) is 2.69. The minimum atomic E-state index is -0.956. The van der Waals surface area contributed by atoms with E-state index in [1.165, 1.54) is 0 Å². The number of ether oxygens (including phenoxy) is 2. The molecule has 0 spiro atoms. The fourth-order valence-corrected chi connectivity index (χ4v) is 1.56. The van der Waals surface area contributed by atoms with Crippen molar-refractivity contribution in [2.45, 2.75) is 12.5 Å². The van der Waals surface area contributed by atoms with Crippen molar-refractivity contribution in [2.24, 2.45) is 0 Å². The van der Waals surface area contributed by atoms with E-state index in [1.807, 2.05) is 0 Å². The van der Waals surface area contributed by atoms with Crippen LogP contribution >= 0.6 is 0 Å². The molecule has 4 nitrogen and oxygen atoms in total. The van der Waals surface area contributed by atoms with E-state index < -0.39 is 12.1 Å². The number of hydrogen-bond acceptors (Lipinski definition) is 3. The summed E-state index contributed by atoms with van der Waals surface area (Å²) in [5.74, 6) is 2.54. The summed E-state index contributed by atoms with van der Waals surface area (Å²) in [6, 6.07) is 5.21. The van der Waals surface area contributed by atoms with E-state index in [0.717, 1.165) is 5.56 Å². The number of carboxylic acid groups (broad SMARTS) is 1. The van der Waals surface area contributed by atoms with Crippen LogP contribution in [0.5, 0.6) is 11.5 Å². The van der Waals surface area contributed by atoms with E-state index in [2.05, 4.69) is 5.92 Å². The number of rotatable bonds is 3. The first-order valence-electron chi connectivity index (χ1n) is 4.79. The van der Waals surface area contributed by atoms with Crippen LogP contribution in [-0.4, -0.2) is 23.8 Å². The number of hydrogen-bond donors (Lipinski definition) is 1. The highest BCUT2D eigenvalue weighted by Gasteiger charge is 2.28. The molecular formula is C12H10O4. The van der Waals surface area contributed by atoms with Gasteiger partial charge in [-0.2, -0.15) is 0 Å². The zero-order chi connectivity index (χ0) is 11.5. The molecule has 16 heavy (non-hydrogen) atoms. The lowest BCUT2D eigenvalue weighted by Gasteiger charge is -2.05. The van der Waals surface area contributed by atoms with Crippen molar-refractivity contribution in [1.82, 2.24) is 0 Å². The van der Waals surface area contributed by atoms with E-state index in [1.54, 1.807) is 18.2 Å². The maximum atomic E-state index is 10.7. The van der Waals surface area contributed by atoms with Crippen LogP contribution in [0.1, 0.15) is 5.56 Å². The average molecular weight is 218 g/mol. The summed E-state index contributed by atoms with van der Waals surface area (Å²) in [5.41, 5.74) is 0.875. The summed E-state index contributed by atoms with van der Waals surface area (Å²) in [4.78, 5) is 10.7. The molecule has 1 aromatic carbocycles. The van der Waals surface area contributed by atoms with Gasteiger partial charge in [0.05, 0.1) is 0 Å². The number of aliphatic carboxylic acids is 1. The second-order valence-corrected chi connectivity index (χ2v) is 3.41. The maximum absolute atomic E-state index is 10.7. The van der Waals surface area contributed by atoms with Crippen molar-refractivity contribution in [2.75, 3.05) is 6.61 Å². The lowest BCUT2D eigenvalue weighted by Crippen LogP contribution is -2.24. The van der Waals surface area contributed by atoms with Crippen LogP contribution < -0.4 is 9.47 Å². The molecule has 0 amide bonds. The number of terminal acetylenes is 1. The van der Waals surface area contributed by atoms with E-state index in [9.17, 15) is 4.79 Å². The predicted octanol–water partition coefficient (Wildman–Crippen LogP) is 1.09. The summed E-state index contributed by atoms with van der Waals surface area (Å²) >= 11 is 0. The Morgan fingerprint density at radius 1 is 1.69 bits per heavy atom. The van der Waals surface area contributed by atoms with E-state index >= 15 is 0 Å². The largest absolute Gasteiger partial charge is 0.481 e. The molecule has 1 N–H and O–H groups in total. The summed E-state index contributed by atoms with van der Waals surface area (Å²) in [7, 11) is 0. The molecule has 1 heterocycles. The lowest BCUT2D eigenvalue weighted by atomic mass is 10.1. The van der Waals surface area contributed by atoms with Crippen molar-refractivity contribution in [3.05, 3.63) is 23.8 Å². The second-order valence-electron chi connectivity index (χ2n) is 3.41. The molecule has 0 aromatic heterocycles. The van der Waals surface area contributed by atoms with Gasteiger partial charge in [-0.25, -0.2) is 4.79 Å². The van der Waals surface area contributed by atoms with Gasteiger partial charge in [-0.1, -0.05) is 12.0 Å². The van der Waals surface area contributed by atoms with E-state index in [-0.39, 0.29) is 6.61 Å². The van der Waals surface area contributed by atoms with E-state index in [4.69, 9.17) is 21.0 Å². The van der Waals surface area contributed by atoms with Crippen molar-refractivity contribution in [3.63, 3.8) is 0 Å². The molecule has 0 saturated heterocycles. The summed E-state index contributed by atoms with van der Waals surface area (Å²) < 4.78 is 10.5. The average Bonchev–Trinajstić information content (AvgIpc) is 2.69. The van der Waals surface area contributed by atoms with Crippen LogP contribution in [0, 0.1) is 12.3 Å². The van der Waals surface area contributed by atoms with Gasteiger partial charge in [0.15, 0.2) is 6.10 Å². The minimum absolute atomic E-state index is 0.182. The zero-order valence-corrected chi connectivity index (χ0v) is 8.47. The molecule has 0 fully saturated rings. The molecule has 1 aliphatic heterocycles. The molecular weight excluding hydrogens is 208 g/mol. The highest BCUT2D eigenvalue weighted by atomic mass is 16.5. The standard InChI is InChI=1S/C12H10O4/c1-2-5-15-9-4-3-8-6-11(12(13)14)16-10(8)7-9/h1,3-4,7,11H,5-6H2,(H,13,14). The maximum Gasteiger partial charge on any atom is 0.345 e. The van der Waals surface area contributed by atoms with Gasteiger partial charge >= 0.3 is 5.97 Å². The van der Waals surface area contributed by atoms with Gasteiger partial charge in [0, 0.05) is 12.5 Å². The topological polar surface area (TPSA) is 55.8 Å². The molecule has 82 valence electrons. The molecule has 2 rings (SSSR count). The number of carbonyl (C=O) groups is 1. The van der Waals surface area contributed by atoms with Crippen molar-refractivity contribution in [1.29, 1.82) is 0 Å². The Balaban J connectivity index is 2.15. The second kappa shape index (κ2) is 4.15. The Hall–Kier alpha value is -2.15. The number of benzene rings is 1. The van der Waals surface area contributed by atoms with Crippen molar-refractivity contribution in [3.8, 4) is 23.8 Å². The molecule has 1 unspecified atom stereocenters. The number of carboxylic acids is 1. The van der Waals surface area contributed by atoms with E-state index in [0.29, 0.717) is 17.9 Å². The first-order chi connectivity index (χ1) is 7.70. The quantitative estimate of drug-likeness (QED) is 0.771. The van der Waals surface area contributed by atoms with Crippen LogP contribution in [0.2, 0.25) is 0 Å². The fourth-order valence-electron chi connectivity index (χ4n) is 1.56. The molecule has 4 heteroatoms. The highest BCUT2D eigenvalue weighted by Crippen LogP contribution is 2.32. The molecule has 1 aromatic rings. The molecule has 0 saturated carbocycles. The SMILES string of the molecule is C#CCOc1ccc2c(c1)OC(C(=O)O)C2. The number of fused-ring (bicyclic) bond motifs is 1. The third-order valence-corrected chi connectivity index (χ3v) is 2.31. The van der Waals surface area contributed by atoms with Gasteiger partial charge in [-0.3, -0.25) is 0 Å². The van der Waals surface area contributed by atoms with Gasteiger partial charge in [-0.15, -0.1) is 6.42 Å². The molecule has 0 bridgehead atoms. The van der Waals surface area contributed by atoms with Crippen molar-refractivity contribution < 1.29 is 19.4 Å².